The molecule has 2 aliphatic heterocycles. The van der Waals surface area contributed by atoms with Gasteiger partial charge in [-0.05, 0) is 32.6 Å². The highest BCUT2D eigenvalue weighted by molar-refractivity contribution is 5.97. The summed E-state index contributed by atoms with van der Waals surface area (Å²) >= 11 is 0. The van der Waals surface area contributed by atoms with Gasteiger partial charge in [-0.2, -0.15) is 0 Å². The zero-order chi connectivity index (χ0) is 20.1. The molecule has 28 heavy (non-hydrogen) atoms. The summed E-state index contributed by atoms with van der Waals surface area (Å²) in [6.07, 6.45) is 3.22. The molecule has 3 amide bonds. The normalized spacial score (nSPS) is 16.5. The number of hydrogen-bond donors (Lipinski definition) is 1. The van der Waals surface area contributed by atoms with E-state index >= 15 is 0 Å². The van der Waals surface area contributed by atoms with Crippen molar-refractivity contribution in [2.75, 3.05) is 39.3 Å². The summed E-state index contributed by atoms with van der Waals surface area (Å²) in [6, 6.07) is 0. The average Bonchev–Trinajstić information content (AvgIpc) is 3.11. The number of nitrogens with one attached hydrogen (secondary N) is 1. The molecule has 0 bridgehead atoms. The molecule has 1 aromatic rings. The zero-order valence-electron chi connectivity index (χ0n) is 16.7. The first-order valence-corrected chi connectivity index (χ1v) is 10.1. The topological polar surface area (TPSA) is 96.8 Å². The molecule has 154 valence electrons. The van der Waals surface area contributed by atoms with Gasteiger partial charge >= 0.3 is 6.09 Å². The van der Waals surface area contributed by atoms with Gasteiger partial charge in [-0.15, -0.1) is 0 Å². The van der Waals surface area contributed by atoms with Gasteiger partial charge in [0, 0.05) is 39.3 Å². The molecule has 9 heteroatoms. The monoisotopic (exact) mass is 391 g/mol. The summed E-state index contributed by atoms with van der Waals surface area (Å²) in [5.74, 6) is -0.0548. The Morgan fingerprint density at radius 1 is 1.04 bits per heavy atom. The summed E-state index contributed by atoms with van der Waals surface area (Å²) in [4.78, 5) is 45.2. The van der Waals surface area contributed by atoms with Gasteiger partial charge in [-0.3, -0.25) is 9.59 Å². The third-order valence-corrected chi connectivity index (χ3v) is 5.15. The fraction of sp³-hybridized carbons (Fsp3) is 0.684. The number of piperazine rings is 1. The summed E-state index contributed by atoms with van der Waals surface area (Å²) in [5.41, 5.74) is 1.23. The van der Waals surface area contributed by atoms with Crippen LogP contribution in [0, 0.1) is 0 Å². The van der Waals surface area contributed by atoms with Crippen LogP contribution in [0.15, 0.2) is 0 Å². The highest BCUT2D eigenvalue weighted by atomic mass is 16.6. The fourth-order valence-electron chi connectivity index (χ4n) is 3.66. The first-order chi connectivity index (χ1) is 13.6. The molecule has 9 nitrogen and oxygen atoms in total. The van der Waals surface area contributed by atoms with E-state index in [1.807, 2.05) is 11.5 Å². The molecular weight excluding hydrogens is 362 g/mol. The number of hydrogen-bond acceptors (Lipinski definition) is 5. The quantitative estimate of drug-likeness (QED) is 0.815. The highest BCUT2D eigenvalue weighted by Crippen LogP contribution is 2.22. The second-order valence-corrected chi connectivity index (χ2v) is 7.07. The number of carbonyl (C=O) groups excluding carboxylic acids is 3. The van der Waals surface area contributed by atoms with E-state index in [2.05, 4.69) is 10.3 Å². The molecule has 0 atom stereocenters. The van der Waals surface area contributed by atoms with Crippen LogP contribution in [0.1, 0.15) is 59.9 Å². The predicted molar refractivity (Wildman–Crippen MR) is 102 cm³/mol. The van der Waals surface area contributed by atoms with Crippen molar-refractivity contribution in [1.82, 2.24) is 24.7 Å². The lowest BCUT2D eigenvalue weighted by atomic mass is 10.1. The van der Waals surface area contributed by atoms with Gasteiger partial charge in [0.15, 0.2) is 5.82 Å². The van der Waals surface area contributed by atoms with Gasteiger partial charge in [0.05, 0.1) is 12.3 Å². The number of imidazole rings is 1. The van der Waals surface area contributed by atoms with E-state index in [0.717, 1.165) is 31.4 Å². The van der Waals surface area contributed by atoms with E-state index in [-0.39, 0.29) is 17.9 Å². The molecule has 1 fully saturated rings. The van der Waals surface area contributed by atoms with Crippen molar-refractivity contribution >= 4 is 17.9 Å². The zero-order valence-corrected chi connectivity index (χ0v) is 16.7. The highest BCUT2D eigenvalue weighted by Gasteiger charge is 2.32. The average molecular weight is 391 g/mol. The van der Waals surface area contributed by atoms with E-state index in [0.29, 0.717) is 57.4 Å². The number of aromatic nitrogens is 2. The van der Waals surface area contributed by atoms with E-state index in [1.165, 1.54) is 0 Å². The maximum absolute atomic E-state index is 13.1. The lowest BCUT2D eigenvalue weighted by molar-refractivity contribution is 0.0556. The van der Waals surface area contributed by atoms with Gasteiger partial charge in [0.25, 0.3) is 11.8 Å². The predicted octanol–water partition coefficient (Wildman–Crippen LogP) is 1.27. The first kappa shape index (κ1) is 20.2. The van der Waals surface area contributed by atoms with Crippen LogP contribution in [0.4, 0.5) is 4.79 Å². The van der Waals surface area contributed by atoms with Gasteiger partial charge in [-0.25, -0.2) is 9.78 Å². The minimum absolute atomic E-state index is 0.179. The summed E-state index contributed by atoms with van der Waals surface area (Å²) in [6.45, 7) is 7.11. The Morgan fingerprint density at radius 2 is 1.75 bits per heavy atom. The minimum Gasteiger partial charge on any atom is -0.450 e. The molecule has 1 aromatic heterocycles. The molecule has 1 N–H and O–H groups in total. The summed E-state index contributed by atoms with van der Waals surface area (Å²) in [5, 5.41) is 2.86. The van der Waals surface area contributed by atoms with Crippen LogP contribution in [0.5, 0.6) is 0 Å². The van der Waals surface area contributed by atoms with E-state index < -0.39 is 0 Å². The van der Waals surface area contributed by atoms with Crippen molar-refractivity contribution in [3.63, 3.8) is 0 Å². The third kappa shape index (κ3) is 4.13. The number of ether oxygens (including phenoxy) is 1. The second-order valence-electron chi connectivity index (χ2n) is 7.07. The van der Waals surface area contributed by atoms with Gasteiger partial charge in [0.2, 0.25) is 0 Å². The Morgan fingerprint density at radius 3 is 2.43 bits per heavy atom. The molecule has 0 radical (unpaired) electrons. The van der Waals surface area contributed by atoms with Crippen molar-refractivity contribution in [2.45, 2.75) is 46.1 Å². The SMILES string of the molecule is CCCNC(=O)c1nc(C(=O)N2CCN(C(=O)OCC)CC2)n2c1CCCC2. The molecule has 0 saturated carbocycles. The van der Waals surface area contributed by atoms with Crippen LogP contribution in [-0.4, -0.2) is 76.6 Å². The van der Waals surface area contributed by atoms with E-state index in [9.17, 15) is 14.4 Å². The van der Waals surface area contributed by atoms with Crippen molar-refractivity contribution in [3.05, 3.63) is 17.2 Å². The van der Waals surface area contributed by atoms with Gasteiger partial charge < -0.3 is 24.4 Å². The molecule has 0 aromatic carbocycles. The van der Waals surface area contributed by atoms with E-state index in [1.54, 1.807) is 16.7 Å². The smallest absolute Gasteiger partial charge is 0.409 e. The summed E-state index contributed by atoms with van der Waals surface area (Å²) < 4.78 is 6.93. The molecule has 0 unspecified atom stereocenters. The standard InChI is InChI=1S/C19H29N5O4/c1-3-8-20-17(25)15-14-7-5-6-9-24(14)16(21-15)18(26)22-10-12-23(13-11-22)19(27)28-4-2/h3-13H2,1-2H3,(H,20,25). The number of fused-ring (bicyclic) bond motifs is 1. The van der Waals surface area contributed by atoms with Crippen LogP contribution in [-0.2, 0) is 17.7 Å². The number of amides is 3. The largest absolute Gasteiger partial charge is 0.450 e. The second kappa shape index (κ2) is 9.07. The first-order valence-electron chi connectivity index (χ1n) is 10.1. The number of nitrogens with zero attached hydrogens (tertiary/aromatic N) is 4. The Labute approximate surface area is 165 Å². The molecule has 2 aliphatic rings. The maximum Gasteiger partial charge on any atom is 0.409 e. The molecule has 0 spiro atoms. The minimum atomic E-state index is -0.345. The lowest BCUT2D eigenvalue weighted by Crippen LogP contribution is -2.51. The third-order valence-electron chi connectivity index (χ3n) is 5.15. The molecule has 1 saturated heterocycles. The maximum atomic E-state index is 13.1. The van der Waals surface area contributed by atoms with Crippen molar-refractivity contribution in [2.24, 2.45) is 0 Å². The van der Waals surface area contributed by atoms with Crippen LogP contribution in [0.25, 0.3) is 0 Å². The summed E-state index contributed by atoms with van der Waals surface area (Å²) in [7, 11) is 0. The number of rotatable bonds is 5. The molecule has 3 rings (SSSR count). The van der Waals surface area contributed by atoms with E-state index in [4.69, 9.17) is 4.74 Å². The Hall–Kier alpha value is -2.58. The van der Waals surface area contributed by atoms with Crippen LogP contribution in [0.2, 0.25) is 0 Å². The van der Waals surface area contributed by atoms with Crippen molar-refractivity contribution in [1.29, 1.82) is 0 Å². The molecular formula is C19H29N5O4. The van der Waals surface area contributed by atoms with Crippen LogP contribution < -0.4 is 5.32 Å². The van der Waals surface area contributed by atoms with Crippen molar-refractivity contribution < 1.29 is 19.1 Å². The van der Waals surface area contributed by atoms with Crippen LogP contribution in [0.3, 0.4) is 0 Å². The van der Waals surface area contributed by atoms with Crippen LogP contribution >= 0.6 is 0 Å². The van der Waals surface area contributed by atoms with Gasteiger partial charge in [0.1, 0.15) is 5.69 Å². The fourth-order valence-corrected chi connectivity index (χ4v) is 3.66. The Kier molecular flexibility index (Phi) is 6.53. The Balaban J connectivity index is 1.74. The van der Waals surface area contributed by atoms with Gasteiger partial charge in [-0.1, -0.05) is 6.92 Å². The Bertz CT molecular complexity index is 737. The number of carbonyl (C=O) groups is 3. The van der Waals surface area contributed by atoms with Crippen molar-refractivity contribution in [3.8, 4) is 0 Å². The molecule has 0 aliphatic carbocycles. The lowest BCUT2D eigenvalue weighted by Gasteiger charge is -2.34. The molecule has 3 heterocycles.